The highest BCUT2D eigenvalue weighted by molar-refractivity contribution is 6.29. The van der Waals surface area contributed by atoms with Gasteiger partial charge in [-0.1, -0.05) is 47.5 Å². The summed E-state index contributed by atoms with van der Waals surface area (Å²) in [6.45, 7) is 9.94. The van der Waals surface area contributed by atoms with Crippen LogP contribution in [0.3, 0.4) is 0 Å². The Balaban J connectivity index is 1.65. The van der Waals surface area contributed by atoms with Gasteiger partial charge in [-0.2, -0.15) is 0 Å². The first-order chi connectivity index (χ1) is 14.7. The summed E-state index contributed by atoms with van der Waals surface area (Å²) in [5.41, 5.74) is 3.73. The minimum atomic E-state index is 0.240. The van der Waals surface area contributed by atoms with Crippen LogP contribution in [0.15, 0.2) is 47.6 Å². The van der Waals surface area contributed by atoms with Gasteiger partial charge in [0.15, 0.2) is 5.96 Å². The number of aryl methyl sites for hydroxylation is 1. The molecule has 6 nitrogen and oxygen atoms in total. The second-order valence-electron chi connectivity index (χ2n) is 7.46. The molecule has 1 unspecified atom stereocenters. The minimum absolute atomic E-state index is 0.240. The van der Waals surface area contributed by atoms with Crippen molar-refractivity contribution in [3.05, 3.63) is 64.4 Å². The van der Waals surface area contributed by atoms with E-state index in [0.29, 0.717) is 11.7 Å². The van der Waals surface area contributed by atoms with Crippen LogP contribution in [0.1, 0.15) is 29.7 Å². The van der Waals surface area contributed by atoms with Crippen LogP contribution >= 0.6 is 11.6 Å². The summed E-state index contributed by atoms with van der Waals surface area (Å²) in [5.74, 6) is 0.838. The van der Waals surface area contributed by atoms with Gasteiger partial charge in [-0.05, 0) is 37.5 Å². The number of aliphatic imine (C=N–C) groups is 1. The van der Waals surface area contributed by atoms with Crippen LogP contribution in [0.25, 0.3) is 0 Å². The Morgan fingerprint density at radius 2 is 2.07 bits per heavy atom. The van der Waals surface area contributed by atoms with Crippen molar-refractivity contribution in [2.45, 2.75) is 26.3 Å². The van der Waals surface area contributed by atoms with E-state index in [1.54, 1.807) is 0 Å². The third-order valence-electron chi connectivity index (χ3n) is 5.17. The fourth-order valence-corrected chi connectivity index (χ4v) is 3.71. The standard InChI is InChI=1S/C23H32ClN5O/c1-3-25-23(26-10-9-19-7-8-22(24)27-16-19)28-17-21(29-11-13-30-14-12-29)20-6-4-5-18(2)15-20/h4-8,15-16,21H,3,9-14,17H2,1-2H3,(H2,25,26,28). The first-order valence-electron chi connectivity index (χ1n) is 10.7. The Morgan fingerprint density at radius 3 is 2.77 bits per heavy atom. The van der Waals surface area contributed by atoms with E-state index in [1.807, 2.05) is 18.3 Å². The number of nitrogens with one attached hydrogen (secondary N) is 2. The van der Waals surface area contributed by atoms with E-state index >= 15 is 0 Å². The van der Waals surface area contributed by atoms with E-state index in [1.165, 1.54) is 11.1 Å². The first kappa shape index (κ1) is 22.5. The molecule has 0 spiro atoms. The number of aromatic nitrogens is 1. The maximum absolute atomic E-state index is 5.86. The number of ether oxygens (including phenoxy) is 1. The van der Waals surface area contributed by atoms with Crippen LogP contribution in [0.4, 0.5) is 0 Å². The molecule has 2 N–H and O–H groups in total. The fraction of sp³-hybridized carbons (Fsp3) is 0.478. The summed E-state index contributed by atoms with van der Waals surface area (Å²) < 4.78 is 5.56. The van der Waals surface area contributed by atoms with Crippen molar-refractivity contribution in [1.29, 1.82) is 0 Å². The summed E-state index contributed by atoms with van der Waals surface area (Å²) in [5, 5.41) is 7.32. The molecule has 1 aliphatic heterocycles. The predicted molar refractivity (Wildman–Crippen MR) is 123 cm³/mol. The van der Waals surface area contributed by atoms with Crippen LogP contribution in [0, 0.1) is 6.92 Å². The van der Waals surface area contributed by atoms with E-state index in [-0.39, 0.29) is 6.04 Å². The monoisotopic (exact) mass is 429 g/mol. The van der Waals surface area contributed by atoms with Crippen molar-refractivity contribution >= 4 is 17.6 Å². The number of morpholine rings is 1. The van der Waals surface area contributed by atoms with Crippen LogP contribution in [-0.4, -0.2) is 61.8 Å². The zero-order chi connectivity index (χ0) is 21.2. The predicted octanol–water partition coefficient (Wildman–Crippen LogP) is 3.21. The highest BCUT2D eigenvalue weighted by Crippen LogP contribution is 2.23. The number of pyridine rings is 1. The van der Waals surface area contributed by atoms with E-state index in [4.69, 9.17) is 21.3 Å². The van der Waals surface area contributed by atoms with Gasteiger partial charge < -0.3 is 15.4 Å². The number of hydrogen-bond donors (Lipinski definition) is 2. The number of nitrogens with zero attached hydrogens (tertiary/aromatic N) is 3. The van der Waals surface area contributed by atoms with Gasteiger partial charge in [0.05, 0.1) is 25.8 Å². The Kier molecular flexibility index (Phi) is 8.93. The molecular formula is C23H32ClN5O. The summed E-state index contributed by atoms with van der Waals surface area (Å²) >= 11 is 5.86. The normalized spacial score (nSPS) is 16.3. The molecular weight excluding hydrogens is 398 g/mol. The lowest BCUT2D eigenvalue weighted by molar-refractivity contribution is 0.0179. The molecule has 7 heteroatoms. The smallest absolute Gasteiger partial charge is 0.191 e. The highest BCUT2D eigenvalue weighted by Gasteiger charge is 2.22. The number of guanidine groups is 1. The summed E-state index contributed by atoms with van der Waals surface area (Å²) in [4.78, 5) is 11.5. The van der Waals surface area contributed by atoms with Crippen molar-refractivity contribution in [2.24, 2.45) is 4.99 Å². The maximum Gasteiger partial charge on any atom is 0.191 e. The van der Waals surface area contributed by atoms with Gasteiger partial charge in [0.2, 0.25) is 0 Å². The second kappa shape index (κ2) is 11.9. The second-order valence-corrected chi connectivity index (χ2v) is 7.85. The summed E-state index contributed by atoms with van der Waals surface area (Å²) in [7, 11) is 0. The molecule has 1 aromatic heterocycles. The average Bonchev–Trinajstić information content (AvgIpc) is 2.76. The molecule has 1 aromatic carbocycles. The third kappa shape index (κ3) is 6.97. The molecule has 2 heterocycles. The number of hydrogen-bond acceptors (Lipinski definition) is 4. The number of halogens is 1. The Labute approximate surface area is 184 Å². The molecule has 1 fully saturated rings. The molecule has 0 saturated carbocycles. The van der Waals surface area contributed by atoms with Gasteiger partial charge in [-0.25, -0.2) is 4.98 Å². The molecule has 1 saturated heterocycles. The van der Waals surface area contributed by atoms with Gasteiger partial charge in [0.25, 0.3) is 0 Å². The topological polar surface area (TPSA) is 61.8 Å². The quantitative estimate of drug-likeness (QED) is 0.383. The molecule has 30 heavy (non-hydrogen) atoms. The third-order valence-corrected chi connectivity index (χ3v) is 5.40. The molecule has 1 aliphatic rings. The van der Waals surface area contributed by atoms with Gasteiger partial charge in [-0.15, -0.1) is 0 Å². The van der Waals surface area contributed by atoms with Crippen molar-refractivity contribution in [3.63, 3.8) is 0 Å². The van der Waals surface area contributed by atoms with Gasteiger partial charge >= 0.3 is 0 Å². The molecule has 0 radical (unpaired) electrons. The van der Waals surface area contributed by atoms with Crippen molar-refractivity contribution < 1.29 is 4.74 Å². The maximum atomic E-state index is 5.86. The fourth-order valence-electron chi connectivity index (χ4n) is 3.60. The molecule has 162 valence electrons. The molecule has 0 bridgehead atoms. The molecule has 2 aromatic rings. The van der Waals surface area contributed by atoms with Gasteiger partial charge in [-0.3, -0.25) is 9.89 Å². The largest absolute Gasteiger partial charge is 0.379 e. The van der Waals surface area contributed by atoms with E-state index in [2.05, 4.69) is 58.6 Å². The lowest BCUT2D eigenvalue weighted by Crippen LogP contribution is -2.42. The lowest BCUT2D eigenvalue weighted by atomic mass is 10.0. The van der Waals surface area contributed by atoms with Crippen LogP contribution < -0.4 is 10.6 Å². The van der Waals surface area contributed by atoms with Crippen molar-refractivity contribution in [2.75, 3.05) is 45.9 Å². The lowest BCUT2D eigenvalue weighted by Gasteiger charge is -2.34. The van der Waals surface area contributed by atoms with Crippen LogP contribution in [0.2, 0.25) is 5.15 Å². The SMILES string of the molecule is CCNC(=NCC(c1cccc(C)c1)N1CCOCC1)NCCc1ccc(Cl)nc1. The molecule has 0 aliphatic carbocycles. The Hall–Kier alpha value is -2.15. The minimum Gasteiger partial charge on any atom is -0.379 e. The Bertz CT molecular complexity index is 805. The van der Waals surface area contributed by atoms with E-state index in [9.17, 15) is 0 Å². The van der Waals surface area contributed by atoms with Gasteiger partial charge in [0, 0.05) is 32.4 Å². The zero-order valence-electron chi connectivity index (χ0n) is 17.9. The van der Waals surface area contributed by atoms with Crippen molar-refractivity contribution in [1.82, 2.24) is 20.5 Å². The number of rotatable bonds is 8. The highest BCUT2D eigenvalue weighted by atomic mass is 35.5. The average molecular weight is 430 g/mol. The first-order valence-corrected chi connectivity index (χ1v) is 11.0. The zero-order valence-corrected chi connectivity index (χ0v) is 18.7. The molecule has 0 amide bonds. The summed E-state index contributed by atoms with van der Waals surface area (Å²) in [6.07, 6.45) is 2.68. The Morgan fingerprint density at radius 1 is 1.23 bits per heavy atom. The van der Waals surface area contributed by atoms with E-state index < -0.39 is 0 Å². The van der Waals surface area contributed by atoms with Crippen molar-refractivity contribution in [3.8, 4) is 0 Å². The van der Waals surface area contributed by atoms with E-state index in [0.717, 1.165) is 57.3 Å². The summed E-state index contributed by atoms with van der Waals surface area (Å²) in [6, 6.07) is 12.8. The molecule has 3 rings (SSSR count). The number of benzene rings is 1. The molecule has 1 atom stereocenters. The van der Waals surface area contributed by atoms with Gasteiger partial charge in [0.1, 0.15) is 5.15 Å². The van der Waals surface area contributed by atoms with Crippen LogP contribution in [-0.2, 0) is 11.2 Å². The van der Waals surface area contributed by atoms with Crippen LogP contribution in [0.5, 0.6) is 0 Å².